The highest BCUT2D eigenvalue weighted by molar-refractivity contribution is 5.95. The van der Waals surface area contributed by atoms with E-state index in [0.717, 1.165) is 25.7 Å². The third-order valence-electron chi connectivity index (χ3n) is 12.7. The second-order valence-electron chi connectivity index (χ2n) is 15.3. The lowest BCUT2D eigenvalue weighted by molar-refractivity contribution is 0.490. The maximum absolute atomic E-state index is 2.46. The average Bonchev–Trinajstić information content (AvgIpc) is 3.56. The summed E-state index contributed by atoms with van der Waals surface area (Å²) >= 11 is 0. The highest BCUT2D eigenvalue weighted by atomic mass is 14.5. The van der Waals surface area contributed by atoms with Crippen LogP contribution >= 0.6 is 0 Å². The Labute approximate surface area is 300 Å². The summed E-state index contributed by atoms with van der Waals surface area (Å²) in [5, 5.41) is 0. The van der Waals surface area contributed by atoms with Crippen LogP contribution in [0, 0.1) is 27.7 Å². The second kappa shape index (κ2) is 12.0. The molecular weight excluding hydrogens is 601 g/mol. The van der Waals surface area contributed by atoms with Crippen molar-refractivity contribution in [2.45, 2.75) is 91.9 Å². The molecule has 0 spiro atoms. The van der Waals surface area contributed by atoms with Crippen LogP contribution in [0.2, 0.25) is 0 Å². The van der Waals surface area contributed by atoms with Gasteiger partial charge in [-0.15, -0.1) is 0 Å². The molecule has 0 amide bonds. The van der Waals surface area contributed by atoms with E-state index in [9.17, 15) is 0 Å². The standard InChI is InChI=1S/C50H50/c1-9-49(10-2)43-27-31(5)13-23-39(43)47-41(25-33(7)29-45(47)49)37-19-15-35(16-20-37)36-17-21-38(22-18-36)42-26-34(8)30-46-48(42)40-24-14-32(6)28-44(40)50(46,11-3)12-4/h13-30H,9-12H2,1-8H3. The highest BCUT2D eigenvalue weighted by Gasteiger charge is 2.43. The summed E-state index contributed by atoms with van der Waals surface area (Å²) in [6.45, 7) is 18.4. The SMILES string of the molecule is CCC1(CC)c2cc(C)ccc2-c2c(-c3ccc(-c4ccc(-c5cc(C)cc6c5-c5ccc(C)cc5C6(CC)CC)cc4)cc3)cc(C)cc21. The molecule has 0 radical (unpaired) electrons. The van der Waals surface area contributed by atoms with Gasteiger partial charge < -0.3 is 0 Å². The zero-order chi connectivity index (χ0) is 34.9. The fourth-order valence-corrected chi connectivity index (χ4v) is 9.91. The fourth-order valence-electron chi connectivity index (χ4n) is 9.91. The van der Waals surface area contributed by atoms with E-state index >= 15 is 0 Å². The summed E-state index contributed by atoms with van der Waals surface area (Å²) in [6.07, 6.45) is 4.45. The van der Waals surface area contributed by atoms with E-state index in [2.05, 4.69) is 165 Å². The monoisotopic (exact) mass is 650 g/mol. The molecule has 8 rings (SSSR count). The van der Waals surface area contributed by atoms with Crippen molar-refractivity contribution in [2.24, 2.45) is 0 Å². The van der Waals surface area contributed by atoms with Gasteiger partial charge in [0.05, 0.1) is 0 Å². The van der Waals surface area contributed by atoms with Gasteiger partial charge in [0.15, 0.2) is 0 Å². The van der Waals surface area contributed by atoms with Crippen LogP contribution in [0.5, 0.6) is 0 Å². The maximum atomic E-state index is 2.46. The minimum Gasteiger partial charge on any atom is -0.0642 e. The summed E-state index contributed by atoms with van der Waals surface area (Å²) in [4.78, 5) is 0. The third kappa shape index (κ3) is 4.64. The average molecular weight is 651 g/mol. The van der Waals surface area contributed by atoms with Crippen molar-refractivity contribution in [2.75, 3.05) is 0 Å². The Bertz CT molecular complexity index is 2100. The Balaban J connectivity index is 1.17. The molecule has 2 aliphatic rings. The molecular formula is C50H50. The minimum absolute atomic E-state index is 0.0755. The Kier molecular flexibility index (Phi) is 7.79. The molecule has 2 aliphatic carbocycles. The van der Waals surface area contributed by atoms with Crippen molar-refractivity contribution >= 4 is 0 Å². The molecule has 6 aromatic carbocycles. The van der Waals surface area contributed by atoms with E-state index in [1.165, 1.54) is 100 Å². The van der Waals surface area contributed by atoms with Crippen molar-refractivity contribution in [1.29, 1.82) is 0 Å². The van der Waals surface area contributed by atoms with Gasteiger partial charge in [-0.3, -0.25) is 0 Å². The van der Waals surface area contributed by atoms with E-state index < -0.39 is 0 Å². The first kappa shape index (κ1) is 32.5. The van der Waals surface area contributed by atoms with E-state index in [-0.39, 0.29) is 10.8 Å². The highest BCUT2D eigenvalue weighted by Crippen LogP contribution is 2.57. The molecule has 250 valence electrons. The zero-order valence-electron chi connectivity index (χ0n) is 31.2. The molecule has 0 N–H and O–H groups in total. The smallest absolute Gasteiger partial charge is 0.0210 e. The quantitative estimate of drug-likeness (QED) is 0.161. The number of aryl methyl sites for hydroxylation is 4. The lowest BCUT2D eigenvalue weighted by atomic mass is 9.73. The molecule has 0 heteroatoms. The lowest BCUT2D eigenvalue weighted by Crippen LogP contribution is -2.23. The molecule has 0 atom stereocenters. The number of hydrogen-bond acceptors (Lipinski definition) is 0. The number of benzene rings is 6. The third-order valence-corrected chi connectivity index (χ3v) is 12.7. The molecule has 50 heavy (non-hydrogen) atoms. The second-order valence-corrected chi connectivity index (χ2v) is 15.3. The van der Waals surface area contributed by atoms with E-state index in [0.29, 0.717) is 0 Å². The van der Waals surface area contributed by atoms with Gasteiger partial charge in [0.2, 0.25) is 0 Å². The van der Waals surface area contributed by atoms with Gasteiger partial charge in [-0.05, 0) is 131 Å². The van der Waals surface area contributed by atoms with Gasteiger partial charge in [0.25, 0.3) is 0 Å². The largest absolute Gasteiger partial charge is 0.0642 e. The number of rotatable bonds is 7. The van der Waals surface area contributed by atoms with E-state index in [1.54, 1.807) is 0 Å². The summed E-state index contributed by atoms with van der Waals surface area (Å²) in [5.74, 6) is 0. The van der Waals surface area contributed by atoms with E-state index in [4.69, 9.17) is 0 Å². The summed E-state index contributed by atoms with van der Waals surface area (Å²) in [6, 6.07) is 42.6. The first-order valence-corrected chi connectivity index (χ1v) is 18.9. The number of fused-ring (bicyclic) bond motifs is 6. The van der Waals surface area contributed by atoms with Crippen LogP contribution < -0.4 is 0 Å². The molecule has 6 aromatic rings. The molecule has 0 saturated heterocycles. The first-order chi connectivity index (χ1) is 24.2. The minimum atomic E-state index is 0.0755. The van der Waals surface area contributed by atoms with Gasteiger partial charge in [0.1, 0.15) is 0 Å². The van der Waals surface area contributed by atoms with Gasteiger partial charge in [-0.1, -0.05) is 159 Å². The molecule has 0 aliphatic heterocycles. The number of hydrogen-bond donors (Lipinski definition) is 0. The zero-order valence-corrected chi connectivity index (χ0v) is 31.2. The Morgan fingerprint density at radius 1 is 0.320 bits per heavy atom. The van der Waals surface area contributed by atoms with Crippen LogP contribution in [0.1, 0.15) is 97.9 Å². The Hall–Kier alpha value is -4.68. The Morgan fingerprint density at radius 2 is 0.640 bits per heavy atom. The van der Waals surface area contributed by atoms with Gasteiger partial charge in [-0.25, -0.2) is 0 Å². The molecule has 0 heterocycles. The van der Waals surface area contributed by atoms with Crippen LogP contribution in [-0.4, -0.2) is 0 Å². The van der Waals surface area contributed by atoms with Crippen molar-refractivity contribution in [3.05, 3.63) is 154 Å². The van der Waals surface area contributed by atoms with Crippen molar-refractivity contribution in [3.63, 3.8) is 0 Å². The van der Waals surface area contributed by atoms with Crippen LogP contribution in [0.25, 0.3) is 55.6 Å². The predicted octanol–water partition coefficient (Wildman–Crippen LogP) is 14.1. The molecule has 0 nitrogen and oxygen atoms in total. The van der Waals surface area contributed by atoms with Crippen LogP contribution in [-0.2, 0) is 10.8 Å². The fraction of sp³-hybridized carbons (Fsp3) is 0.280. The summed E-state index contributed by atoms with van der Waals surface area (Å²) in [5.41, 5.74) is 25.1. The maximum Gasteiger partial charge on any atom is 0.0210 e. The van der Waals surface area contributed by atoms with Crippen molar-refractivity contribution in [1.82, 2.24) is 0 Å². The lowest BCUT2D eigenvalue weighted by Gasteiger charge is -2.30. The van der Waals surface area contributed by atoms with Crippen molar-refractivity contribution < 1.29 is 0 Å². The summed E-state index contributed by atoms with van der Waals surface area (Å²) < 4.78 is 0. The van der Waals surface area contributed by atoms with Gasteiger partial charge in [-0.2, -0.15) is 0 Å². The molecule has 0 aromatic heterocycles. The summed E-state index contributed by atoms with van der Waals surface area (Å²) in [7, 11) is 0. The molecule has 0 saturated carbocycles. The van der Waals surface area contributed by atoms with Crippen LogP contribution in [0.4, 0.5) is 0 Å². The van der Waals surface area contributed by atoms with Gasteiger partial charge in [0, 0.05) is 10.8 Å². The van der Waals surface area contributed by atoms with E-state index in [1.807, 2.05) is 0 Å². The normalized spacial score (nSPS) is 14.6. The van der Waals surface area contributed by atoms with Gasteiger partial charge >= 0.3 is 0 Å². The molecule has 0 fully saturated rings. The predicted molar refractivity (Wildman–Crippen MR) is 215 cm³/mol. The molecule has 0 bridgehead atoms. The Morgan fingerprint density at radius 3 is 0.980 bits per heavy atom. The van der Waals surface area contributed by atoms with Crippen molar-refractivity contribution in [3.8, 4) is 55.6 Å². The topological polar surface area (TPSA) is 0 Å². The first-order valence-electron chi connectivity index (χ1n) is 18.9. The molecule has 0 unspecified atom stereocenters. The van der Waals surface area contributed by atoms with Crippen LogP contribution in [0.15, 0.2) is 109 Å². The van der Waals surface area contributed by atoms with Crippen LogP contribution in [0.3, 0.4) is 0 Å².